The standard InChI is InChI=1S/C33H40ClNO7/c1-32(2,3)41-30(37)22-39-26-14-16-28(17-15-26)40-27-12-10-23(11-13-27)18-19-35(31(38)42-33(4,5)6)21-29(36)24-8-7-9-25(34)20-24/h7-17,20,29,36H,18-19,21-22H2,1-6H3/t29-/m0/s1. The quantitative estimate of drug-likeness (QED) is 0.231. The van der Waals surface area contributed by atoms with Crippen LogP contribution in [0.1, 0.15) is 58.8 Å². The molecule has 0 radical (unpaired) electrons. The minimum Gasteiger partial charge on any atom is -0.482 e. The number of halogens is 1. The summed E-state index contributed by atoms with van der Waals surface area (Å²) in [5.41, 5.74) is 0.377. The van der Waals surface area contributed by atoms with Gasteiger partial charge in [-0.2, -0.15) is 0 Å². The van der Waals surface area contributed by atoms with Gasteiger partial charge in [-0.3, -0.25) is 0 Å². The monoisotopic (exact) mass is 597 g/mol. The summed E-state index contributed by atoms with van der Waals surface area (Å²) in [6, 6.07) is 21.4. The van der Waals surface area contributed by atoms with E-state index in [4.69, 9.17) is 30.5 Å². The van der Waals surface area contributed by atoms with Gasteiger partial charge in [-0.1, -0.05) is 35.9 Å². The molecular weight excluding hydrogens is 558 g/mol. The van der Waals surface area contributed by atoms with E-state index in [1.54, 1.807) is 90.1 Å². The summed E-state index contributed by atoms with van der Waals surface area (Å²) in [5.74, 6) is 1.34. The maximum absolute atomic E-state index is 12.9. The highest BCUT2D eigenvalue weighted by Gasteiger charge is 2.25. The van der Waals surface area contributed by atoms with E-state index in [-0.39, 0.29) is 13.2 Å². The second-order valence-corrected chi connectivity index (χ2v) is 12.3. The molecule has 0 heterocycles. The fourth-order valence-electron chi connectivity index (χ4n) is 3.85. The predicted molar refractivity (Wildman–Crippen MR) is 162 cm³/mol. The second kappa shape index (κ2) is 14.4. The molecule has 226 valence electrons. The first-order valence-corrected chi connectivity index (χ1v) is 14.2. The van der Waals surface area contributed by atoms with Crippen molar-refractivity contribution in [1.82, 2.24) is 4.90 Å². The zero-order valence-electron chi connectivity index (χ0n) is 25.1. The summed E-state index contributed by atoms with van der Waals surface area (Å²) in [4.78, 5) is 26.3. The Morgan fingerprint density at radius 1 is 0.833 bits per heavy atom. The molecule has 0 aliphatic rings. The van der Waals surface area contributed by atoms with Gasteiger partial charge in [0.25, 0.3) is 0 Å². The molecule has 0 aromatic heterocycles. The van der Waals surface area contributed by atoms with Crippen LogP contribution in [0.3, 0.4) is 0 Å². The molecule has 1 amide bonds. The van der Waals surface area contributed by atoms with E-state index in [0.717, 1.165) is 5.56 Å². The van der Waals surface area contributed by atoms with Crippen molar-refractivity contribution in [3.8, 4) is 17.2 Å². The molecule has 0 saturated heterocycles. The van der Waals surface area contributed by atoms with Gasteiger partial charge in [0.15, 0.2) is 6.61 Å². The van der Waals surface area contributed by atoms with Crippen LogP contribution >= 0.6 is 11.6 Å². The Morgan fingerprint density at radius 3 is 1.98 bits per heavy atom. The van der Waals surface area contributed by atoms with Crippen molar-refractivity contribution < 1.29 is 33.6 Å². The summed E-state index contributed by atoms with van der Waals surface area (Å²) in [6.07, 6.45) is -0.867. The number of aliphatic hydroxyl groups excluding tert-OH is 1. The lowest BCUT2D eigenvalue weighted by Gasteiger charge is -2.29. The molecule has 0 bridgehead atoms. The molecule has 3 rings (SSSR count). The first-order valence-electron chi connectivity index (χ1n) is 13.8. The fourth-order valence-corrected chi connectivity index (χ4v) is 4.05. The van der Waals surface area contributed by atoms with Crippen molar-refractivity contribution in [1.29, 1.82) is 0 Å². The highest BCUT2D eigenvalue weighted by atomic mass is 35.5. The van der Waals surface area contributed by atoms with Crippen LogP contribution in [0.15, 0.2) is 72.8 Å². The normalized spacial score (nSPS) is 12.3. The van der Waals surface area contributed by atoms with Crippen molar-refractivity contribution >= 4 is 23.7 Å². The van der Waals surface area contributed by atoms with Gasteiger partial charge in [-0.15, -0.1) is 0 Å². The molecule has 8 nitrogen and oxygen atoms in total. The topological polar surface area (TPSA) is 94.5 Å². The Labute approximate surface area is 253 Å². The van der Waals surface area contributed by atoms with Gasteiger partial charge in [0, 0.05) is 11.6 Å². The van der Waals surface area contributed by atoms with Crippen molar-refractivity contribution in [2.45, 2.75) is 65.3 Å². The van der Waals surface area contributed by atoms with Crippen LogP contribution in [0.2, 0.25) is 5.02 Å². The molecule has 3 aromatic carbocycles. The van der Waals surface area contributed by atoms with Crippen LogP contribution in [0.25, 0.3) is 0 Å². The Kier molecular flexibility index (Phi) is 11.3. The molecule has 0 aliphatic carbocycles. The number of carbonyl (C=O) groups is 2. The van der Waals surface area contributed by atoms with Gasteiger partial charge in [-0.25, -0.2) is 9.59 Å². The van der Waals surface area contributed by atoms with Gasteiger partial charge in [0.1, 0.15) is 28.5 Å². The minimum atomic E-state index is -0.916. The van der Waals surface area contributed by atoms with Gasteiger partial charge in [0.05, 0.1) is 12.6 Å². The zero-order chi connectivity index (χ0) is 30.9. The fraction of sp³-hybridized carbons (Fsp3) is 0.394. The van der Waals surface area contributed by atoms with E-state index >= 15 is 0 Å². The Hall–Kier alpha value is -3.75. The minimum absolute atomic E-state index is 0.0634. The third-order valence-corrected chi connectivity index (χ3v) is 5.94. The number of benzene rings is 3. The van der Waals surface area contributed by atoms with Gasteiger partial charge < -0.3 is 29.0 Å². The molecule has 0 saturated carbocycles. The van der Waals surface area contributed by atoms with E-state index < -0.39 is 29.4 Å². The zero-order valence-corrected chi connectivity index (χ0v) is 25.8. The van der Waals surface area contributed by atoms with Crippen molar-refractivity contribution in [2.75, 3.05) is 19.7 Å². The van der Waals surface area contributed by atoms with Gasteiger partial charge in [-0.05, 0) is 108 Å². The molecule has 9 heteroatoms. The molecule has 0 fully saturated rings. The third-order valence-electron chi connectivity index (χ3n) is 5.71. The third kappa shape index (κ3) is 11.6. The number of rotatable bonds is 11. The van der Waals surface area contributed by atoms with E-state index in [9.17, 15) is 14.7 Å². The average molecular weight is 598 g/mol. The van der Waals surface area contributed by atoms with Crippen LogP contribution in [0.4, 0.5) is 4.79 Å². The van der Waals surface area contributed by atoms with Crippen molar-refractivity contribution in [2.24, 2.45) is 0 Å². The smallest absolute Gasteiger partial charge is 0.410 e. The first-order chi connectivity index (χ1) is 19.7. The summed E-state index contributed by atoms with van der Waals surface area (Å²) in [6.45, 7) is 11.1. The second-order valence-electron chi connectivity index (χ2n) is 11.8. The maximum Gasteiger partial charge on any atom is 0.410 e. The Morgan fingerprint density at radius 2 is 1.40 bits per heavy atom. The molecule has 0 unspecified atom stereocenters. The predicted octanol–water partition coefficient (Wildman–Crippen LogP) is 7.37. The number of amides is 1. The highest BCUT2D eigenvalue weighted by molar-refractivity contribution is 6.30. The molecule has 1 atom stereocenters. The number of ether oxygens (including phenoxy) is 4. The summed E-state index contributed by atoms with van der Waals surface area (Å²) in [5, 5.41) is 11.3. The van der Waals surface area contributed by atoms with Gasteiger partial charge >= 0.3 is 12.1 Å². The molecular formula is C33H40ClNO7. The molecule has 0 spiro atoms. The molecule has 3 aromatic rings. The van der Waals surface area contributed by atoms with Crippen LogP contribution in [0, 0.1) is 0 Å². The van der Waals surface area contributed by atoms with Gasteiger partial charge in [0.2, 0.25) is 0 Å². The van der Waals surface area contributed by atoms with Crippen molar-refractivity contribution in [3.05, 3.63) is 88.9 Å². The number of hydrogen-bond donors (Lipinski definition) is 1. The van der Waals surface area contributed by atoms with Crippen molar-refractivity contribution in [3.63, 3.8) is 0 Å². The van der Waals surface area contributed by atoms with Crippen LogP contribution < -0.4 is 9.47 Å². The van der Waals surface area contributed by atoms with Crippen LogP contribution in [-0.4, -0.2) is 53.0 Å². The number of aliphatic hydroxyl groups is 1. The van der Waals surface area contributed by atoms with E-state index in [0.29, 0.717) is 40.8 Å². The lowest BCUT2D eigenvalue weighted by molar-refractivity contribution is -0.157. The lowest BCUT2D eigenvalue weighted by atomic mass is 10.1. The van der Waals surface area contributed by atoms with E-state index in [2.05, 4.69) is 0 Å². The van der Waals surface area contributed by atoms with Crippen LogP contribution in [-0.2, 0) is 20.7 Å². The number of carbonyl (C=O) groups excluding carboxylic acids is 2. The molecule has 42 heavy (non-hydrogen) atoms. The SMILES string of the molecule is CC(C)(C)OC(=O)COc1ccc(Oc2ccc(CCN(C[C@H](O)c3cccc(Cl)c3)C(=O)OC(C)(C)C)cc2)cc1. The van der Waals surface area contributed by atoms with Crippen LogP contribution in [0.5, 0.6) is 17.2 Å². The average Bonchev–Trinajstić information content (AvgIpc) is 2.89. The summed E-state index contributed by atoms with van der Waals surface area (Å²) >= 11 is 6.08. The number of nitrogens with zero attached hydrogens (tertiary/aromatic N) is 1. The number of hydrogen-bond acceptors (Lipinski definition) is 7. The largest absolute Gasteiger partial charge is 0.482 e. The van der Waals surface area contributed by atoms with E-state index in [1.807, 2.05) is 24.3 Å². The summed E-state index contributed by atoms with van der Waals surface area (Å²) < 4.78 is 22.3. The molecule has 0 aliphatic heterocycles. The number of esters is 1. The molecule has 1 N–H and O–H groups in total. The van der Waals surface area contributed by atoms with E-state index in [1.165, 1.54) is 4.90 Å². The highest BCUT2D eigenvalue weighted by Crippen LogP contribution is 2.25. The summed E-state index contributed by atoms with van der Waals surface area (Å²) in [7, 11) is 0. The maximum atomic E-state index is 12.9. The Bertz CT molecular complexity index is 1310. The first kappa shape index (κ1) is 32.8. The lowest BCUT2D eigenvalue weighted by Crippen LogP contribution is -2.40. The Balaban J connectivity index is 1.56.